The minimum Gasteiger partial charge on any atom is -0.361 e. The van der Waals surface area contributed by atoms with E-state index in [0.29, 0.717) is 0 Å². The quantitative estimate of drug-likeness (QED) is 0.226. The van der Waals surface area contributed by atoms with Crippen LogP contribution in [-0.2, 0) is 13.5 Å². The van der Waals surface area contributed by atoms with Crippen molar-refractivity contribution < 1.29 is 0 Å². The third-order valence-corrected chi connectivity index (χ3v) is 9.02. The van der Waals surface area contributed by atoms with E-state index >= 15 is 0 Å². The zero-order valence-electron chi connectivity index (χ0n) is 23.6. The van der Waals surface area contributed by atoms with Gasteiger partial charge in [0.25, 0.3) is 0 Å². The summed E-state index contributed by atoms with van der Waals surface area (Å²) in [6, 6.07) is 37.7. The van der Waals surface area contributed by atoms with Gasteiger partial charge in [-0.2, -0.15) is 0 Å². The molecule has 0 bridgehead atoms. The Labute approximate surface area is 244 Å². The molecule has 1 aliphatic heterocycles. The third kappa shape index (κ3) is 3.34. The Morgan fingerprint density at radius 3 is 2.36 bits per heavy atom. The fraction of sp³-hybridized carbons (Fsp3) is 0.108. The maximum Gasteiger partial charge on any atom is 0.140 e. The average Bonchev–Trinajstić information content (AvgIpc) is 3.78. The first-order valence-electron chi connectivity index (χ1n) is 14.5. The van der Waals surface area contributed by atoms with Crippen LogP contribution in [-0.4, -0.2) is 32.7 Å². The topological polar surface area (TPSA) is 29.2 Å². The predicted octanol–water partition coefficient (Wildman–Crippen LogP) is 8.09. The SMILES string of the molecule is CN1C=CN(c2cccc(-n3c4ccccc4c4ccc(-c5nc6cc7c(cc6n5C)Cc5ccccc5-7)cc43)c2)C1. The van der Waals surface area contributed by atoms with Crippen LogP contribution in [0.3, 0.4) is 0 Å². The Balaban J connectivity index is 1.22. The number of benzene rings is 5. The van der Waals surface area contributed by atoms with Gasteiger partial charge >= 0.3 is 0 Å². The smallest absolute Gasteiger partial charge is 0.140 e. The first kappa shape index (κ1) is 23.4. The van der Waals surface area contributed by atoms with Crippen LogP contribution in [0.2, 0.25) is 0 Å². The second-order valence-corrected chi connectivity index (χ2v) is 11.6. The summed E-state index contributed by atoms with van der Waals surface area (Å²) in [6.07, 6.45) is 5.24. The number of rotatable bonds is 3. The first-order chi connectivity index (χ1) is 20.6. The lowest BCUT2D eigenvalue weighted by molar-refractivity contribution is 0.496. The summed E-state index contributed by atoms with van der Waals surface area (Å²) in [5.41, 5.74) is 13.5. The Hall–Kier alpha value is -5.29. The molecule has 2 aliphatic rings. The van der Waals surface area contributed by atoms with Crippen molar-refractivity contribution in [2.45, 2.75) is 6.42 Å². The fourth-order valence-corrected chi connectivity index (χ4v) is 6.97. The van der Waals surface area contributed by atoms with Crippen molar-refractivity contribution in [3.8, 4) is 28.2 Å². The first-order valence-corrected chi connectivity index (χ1v) is 14.5. The van der Waals surface area contributed by atoms with Crippen molar-refractivity contribution in [2.24, 2.45) is 7.05 Å². The normalized spacial score (nSPS) is 14.0. The van der Waals surface area contributed by atoms with Gasteiger partial charge < -0.3 is 18.9 Å². The molecular weight excluding hydrogens is 514 g/mol. The summed E-state index contributed by atoms with van der Waals surface area (Å²) < 4.78 is 4.65. The van der Waals surface area contributed by atoms with Crippen LogP contribution in [0.25, 0.3) is 61.0 Å². The molecule has 5 aromatic carbocycles. The van der Waals surface area contributed by atoms with Crippen molar-refractivity contribution in [2.75, 3.05) is 18.6 Å². The molecular formula is C37H29N5. The van der Waals surface area contributed by atoms with Crippen molar-refractivity contribution in [3.05, 3.63) is 127 Å². The van der Waals surface area contributed by atoms with E-state index in [2.05, 4.69) is 149 Å². The molecule has 9 rings (SSSR count). The molecule has 5 heteroatoms. The zero-order valence-corrected chi connectivity index (χ0v) is 23.6. The summed E-state index contributed by atoms with van der Waals surface area (Å²) in [5, 5.41) is 2.50. The number of imidazole rings is 1. The van der Waals surface area contributed by atoms with E-state index in [9.17, 15) is 0 Å². The Bertz CT molecular complexity index is 2250. The largest absolute Gasteiger partial charge is 0.361 e. The summed E-state index contributed by atoms with van der Waals surface area (Å²) in [5.74, 6) is 0.986. The third-order valence-electron chi connectivity index (χ3n) is 9.02. The summed E-state index contributed by atoms with van der Waals surface area (Å²) in [7, 11) is 4.24. The van der Waals surface area contributed by atoms with Gasteiger partial charge in [-0.1, -0.05) is 60.7 Å². The molecule has 3 heterocycles. The second-order valence-electron chi connectivity index (χ2n) is 11.6. The molecule has 5 nitrogen and oxygen atoms in total. The van der Waals surface area contributed by atoms with Crippen LogP contribution >= 0.6 is 0 Å². The maximum atomic E-state index is 5.20. The van der Waals surface area contributed by atoms with Crippen LogP contribution in [0.1, 0.15) is 11.1 Å². The minimum absolute atomic E-state index is 0.850. The van der Waals surface area contributed by atoms with E-state index in [0.717, 1.165) is 35.7 Å². The molecule has 0 unspecified atom stereocenters. The highest BCUT2D eigenvalue weighted by Crippen LogP contribution is 2.40. The summed E-state index contributed by atoms with van der Waals surface area (Å²) in [4.78, 5) is 9.66. The molecule has 7 aromatic rings. The number of aromatic nitrogens is 3. The zero-order chi connectivity index (χ0) is 27.9. The Morgan fingerprint density at radius 1 is 0.619 bits per heavy atom. The highest BCUT2D eigenvalue weighted by molar-refractivity contribution is 6.10. The number of nitrogens with zero attached hydrogens (tertiary/aromatic N) is 5. The highest BCUT2D eigenvalue weighted by atomic mass is 15.3. The molecule has 0 atom stereocenters. The number of hydrogen-bond donors (Lipinski definition) is 0. The molecule has 0 N–H and O–H groups in total. The van der Waals surface area contributed by atoms with E-state index in [1.54, 1.807) is 0 Å². The summed E-state index contributed by atoms with van der Waals surface area (Å²) >= 11 is 0. The van der Waals surface area contributed by atoms with Gasteiger partial charge in [-0.25, -0.2) is 4.98 Å². The van der Waals surface area contributed by atoms with Crippen LogP contribution in [0, 0.1) is 0 Å². The standard InChI is InChI=1S/C37H29N5/c1-39-16-17-41(23-39)27-9-7-10-28(21-27)42-34-13-6-5-12-30(34)31-15-14-25(19-35(31)42)37-38-33-22-32-26(20-36(33)40(37)2)18-24-8-3-4-11-29(24)32/h3-17,19-22H,18,23H2,1-2H3. The van der Waals surface area contributed by atoms with Crippen LogP contribution in [0.15, 0.2) is 116 Å². The van der Waals surface area contributed by atoms with Gasteiger partial charge in [-0.3, -0.25) is 0 Å². The molecule has 202 valence electrons. The van der Waals surface area contributed by atoms with Crippen molar-refractivity contribution in [3.63, 3.8) is 0 Å². The fourth-order valence-electron chi connectivity index (χ4n) is 6.97. The molecule has 1 aliphatic carbocycles. The second kappa shape index (κ2) is 8.60. The van der Waals surface area contributed by atoms with E-state index in [1.165, 1.54) is 55.3 Å². The molecule has 0 spiro atoms. The van der Waals surface area contributed by atoms with Crippen molar-refractivity contribution in [1.29, 1.82) is 0 Å². The maximum absolute atomic E-state index is 5.20. The van der Waals surface area contributed by atoms with E-state index in [1.807, 2.05) is 0 Å². The number of aryl methyl sites for hydroxylation is 1. The lowest BCUT2D eigenvalue weighted by Crippen LogP contribution is -2.21. The van der Waals surface area contributed by atoms with Crippen molar-refractivity contribution in [1.82, 2.24) is 19.0 Å². The van der Waals surface area contributed by atoms with Gasteiger partial charge in [0.15, 0.2) is 0 Å². The Kier molecular flexibility index (Phi) is 4.80. The van der Waals surface area contributed by atoms with Gasteiger partial charge in [0.1, 0.15) is 5.82 Å². The Morgan fingerprint density at radius 2 is 1.45 bits per heavy atom. The molecule has 0 saturated heterocycles. The molecule has 2 aromatic heterocycles. The predicted molar refractivity (Wildman–Crippen MR) is 173 cm³/mol. The monoisotopic (exact) mass is 543 g/mol. The summed E-state index contributed by atoms with van der Waals surface area (Å²) in [6.45, 7) is 0.850. The molecule has 0 saturated carbocycles. The number of para-hydroxylation sites is 1. The minimum atomic E-state index is 0.850. The van der Waals surface area contributed by atoms with Gasteiger partial charge in [-0.15, -0.1) is 0 Å². The highest BCUT2D eigenvalue weighted by Gasteiger charge is 2.22. The van der Waals surface area contributed by atoms with E-state index in [4.69, 9.17) is 4.98 Å². The number of anilines is 1. The van der Waals surface area contributed by atoms with Gasteiger partial charge in [0.05, 0.1) is 28.7 Å². The number of hydrogen-bond acceptors (Lipinski definition) is 3. The van der Waals surface area contributed by atoms with Crippen LogP contribution in [0.5, 0.6) is 0 Å². The molecule has 0 fully saturated rings. The lowest BCUT2D eigenvalue weighted by atomic mass is 10.1. The van der Waals surface area contributed by atoms with Crippen LogP contribution in [0.4, 0.5) is 5.69 Å². The average molecular weight is 544 g/mol. The van der Waals surface area contributed by atoms with Gasteiger partial charge in [-0.05, 0) is 71.1 Å². The van der Waals surface area contributed by atoms with Crippen LogP contribution < -0.4 is 4.90 Å². The lowest BCUT2D eigenvalue weighted by Gasteiger charge is -2.19. The molecule has 0 radical (unpaired) electrons. The number of fused-ring (bicyclic) bond motifs is 7. The van der Waals surface area contributed by atoms with Crippen molar-refractivity contribution >= 4 is 38.5 Å². The molecule has 0 amide bonds. The van der Waals surface area contributed by atoms with Gasteiger partial charge in [0, 0.05) is 54.2 Å². The van der Waals surface area contributed by atoms with E-state index in [-0.39, 0.29) is 0 Å². The van der Waals surface area contributed by atoms with E-state index < -0.39 is 0 Å². The molecule has 42 heavy (non-hydrogen) atoms. The van der Waals surface area contributed by atoms with Gasteiger partial charge in [0.2, 0.25) is 0 Å².